The van der Waals surface area contributed by atoms with Gasteiger partial charge in [-0.1, -0.05) is 42.5 Å². The van der Waals surface area contributed by atoms with Gasteiger partial charge in [0.05, 0.1) is 11.2 Å². The summed E-state index contributed by atoms with van der Waals surface area (Å²) in [6, 6.07) is 18.2. The van der Waals surface area contributed by atoms with Crippen LogP contribution >= 0.6 is 0 Å². The molecule has 23 heavy (non-hydrogen) atoms. The first-order valence-electron chi connectivity index (χ1n) is 7.62. The minimum Gasteiger partial charge on any atom is -0.360 e. The van der Waals surface area contributed by atoms with Gasteiger partial charge in [0.15, 0.2) is 0 Å². The molecule has 0 amide bonds. The topological polar surface area (TPSA) is 54.7 Å². The Hall–Kier alpha value is -2.91. The van der Waals surface area contributed by atoms with Crippen LogP contribution in [-0.2, 0) is 0 Å². The zero-order valence-electron chi connectivity index (χ0n) is 12.7. The molecule has 3 N–H and O–H groups in total. The van der Waals surface area contributed by atoms with E-state index in [-0.39, 0.29) is 6.04 Å². The first-order chi connectivity index (χ1) is 11.3. The molecule has 0 fully saturated rings. The molecule has 0 spiro atoms. The predicted molar refractivity (Wildman–Crippen MR) is 96.2 cm³/mol. The van der Waals surface area contributed by atoms with Gasteiger partial charge in [0, 0.05) is 34.1 Å². The van der Waals surface area contributed by atoms with Crippen molar-refractivity contribution in [3.05, 3.63) is 79.0 Å². The van der Waals surface area contributed by atoms with E-state index in [0.717, 1.165) is 38.6 Å². The number of nitrogens with zero attached hydrogens (tertiary/aromatic N) is 1. The van der Waals surface area contributed by atoms with Crippen LogP contribution in [0.2, 0.25) is 0 Å². The molecule has 3 heteroatoms. The standard InChI is InChI=1S/C20H17N3/c1-2-17(21)15-11-20(23-19-10-6-4-7-13(15)19)16-12-22-18-9-5-3-8-14(16)18/h2-12,17,22H,1,21H2. The van der Waals surface area contributed by atoms with Crippen molar-refractivity contribution in [2.75, 3.05) is 0 Å². The zero-order valence-corrected chi connectivity index (χ0v) is 12.7. The average molecular weight is 299 g/mol. The molecular formula is C20H17N3. The lowest BCUT2D eigenvalue weighted by molar-refractivity contribution is 0.923. The quantitative estimate of drug-likeness (QED) is 0.544. The molecule has 1 unspecified atom stereocenters. The molecule has 0 saturated carbocycles. The van der Waals surface area contributed by atoms with Crippen molar-refractivity contribution in [3.63, 3.8) is 0 Å². The van der Waals surface area contributed by atoms with Crippen molar-refractivity contribution >= 4 is 21.8 Å². The summed E-state index contributed by atoms with van der Waals surface area (Å²) in [5.41, 5.74) is 11.4. The lowest BCUT2D eigenvalue weighted by Crippen LogP contribution is -2.08. The van der Waals surface area contributed by atoms with Crippen molar-refractivity contribution in [3.8, 4) is 11.3 Å². The number of nitrogens with one attached hydrogen (secondary N) is 1. The van der Waals surface area contributed by atoms with Gasteiger partial charge in [0.2, 0.25) is 0 Å². The van der Waals surface area contributed by atoms with Gasteiger partial charge in [-0.05, 0) is 23.8 Å². The second-order valence-corrected chi connectivity index (χ2v) is 5.62. The van der Waals surface area contributed by atoms with E-state index in [9.17, 15) is 0 Å². The maximum atomic E-state index is 6.24. The second-order valence-electron chi connectivity index (χ2n) is 5.62. The van der Waals surface area contributed by atoms with Crippen molar-refractivity contribution in [1.29, 1.82) is 0 Å². The Balaban J connectivity index is 2.02. The predicted octanol–water partition coefficient (Wildman–Crippen LogP) is 4.57. The van der Waals surface area contributed by atoms with Crippen LogP contribution in [0.3, 0.4) is 0 Å². The second kappa shape index (κ2) is 5.38. The number of aromatic amines is 1. The van der Waals surface area contributed by atoms with Crippen molar-refractivity contribution < 1.29 is 0 Å². The Labute approximate surface area is 134 Å². The van der Waals surface area contributed by atoms with Crippen LogP contribution < -0.4 is 5.73 Å². The highest BCUT2D eigenvalue weighted by molar-refractivity contribution is 5.96. The Morgan fingerprint density at radius 2 is 1.78 bits per heavy atom. The molecule has 3 nitrogen and oxygen atoms in total. The minimum atomic E-state index is -0.216. The third-order valence-electron chi connectivity index (χ3n) is 4.23. The zero-order chi connectivity index (χ0) is 15.8. The molecule has 1 atom stereocenters. The van der Waals surface area contributed by atoms with E-state index in [1.165, 1.54) is 0 Å². The number of fused-ring (bicyclic) bond motifs is 2. The summed E-state index contributed by atoms with van der Waals surface area (Å²) >= 11 is 0. The molecule has 2 aromatic heterocycles. The van der Waals surface area contributed by atoms with E-state index in [1.807, 2.05) is 36.5 Å². The van der Waals surface area contributed by atoms with E-state index in [2.05, 4.69) is 35.8 Å². The highest BCUT2D eigenvalue weighted by Crippen LogP contribution is 2.32. The van der Waals surface area contributed by atoms with Gasteiger partial charge in [0.1, 0.15) is 0 Å². The maximum Gasteiger partial charge on any atom is 0.0734 e. The summed E-state index contributed by atoms with van der Waals surface area (Å²) < 4.78 is 0. The van der Waals surface area contributed by atoms with Crippen LogP contribution in [0, 0.1) is 0 Å². The van der Waals surface area contributed by atoms with Gasteiger partial charge >= 0.3 is 0 Å². The molecule has 0 aliphatic heterocycles. The lowest BCUT2D eigenvalue weighted by Gasteiger charge is -2.13. The Morgan fingerprint density at radius 3 is 2.61 bits per heavy atom. The number of benzene rings is 2. The normalized spacial score (nSPS) is 12.6. The fraction of sp³-hybridized carbons (Fsp3) is 0.0500. The highest BCUT2D eigenvalue weighted by atomic mass is 14.7. The smallest absolute Gasteiger partial charge is 0.0734 e. The molecule has 0 aliphatic rings. The molecule has 0 aliphatic carbocycles. The van der Waals surface area contributed by atoms with Crippen LogP contribution in [0.25, 0.3) is 33.1 Å². The number of hydrogen-bond donors (Lipinski definition) is 2. The summed E-state index contributed by atoms with van der Waals surface area (Å²) in [6.45, 7) is 3.83. The van der Waals surface area contributed by atoms with Crippen LogP contribution in [0.5, 0.6) is 0 Å². The van der Waals surface area contributed by atoms with E-state index in [4.69, 9.17) is 10.7 Å². The molecule has 2 aromatic carbocycles. The molecule has 112 valence electrons. The molecule has 2 heterocycles. The van der Waals surface area contributed by atoms with E-state index < -0.39 is 0 Å². The molecule has 0 bridgehead atoms. The Morgan fingerprint density at radius 1 is 1.04 bits per heavy atom. The minimum absolute atomic E-state index is 0.216. The monoisotopic (exact) mass is 299 g/mol. The molecule has 4 aromatic rings. The first kappa shape index (κ1) is 13.7. The number of rotatable bonds is 3. The van der Waals surface area contributed by atoms with E-state index in [1.54, 1.807) is 6.08 Å². The summed E-state index contributed by atoms with van der Waals surface area (Å²) in [5.74, 6) is 0. The maximum absolute atomic E-state index is 6.24. The number of para-hydroxylation sites is 2. The Kier molecular flexibility index (Phi) is 3.21. The molecule has 4 rings (SSSR count). The SMILES string of the molecule is C=CC(N)c1cc(-c2c[nH]c3ccccc23)nc2ccccc12. The van der Waals surface area contributed by atoms with Gasteiger partial charge < -0.3 is 10.7 Å². The highest BCUT2D eigenvalue weighted by Gasteiger charge is 2.13. The number of hydrogen-bond acceptors (Lipinski definition) is 2. The van der Waals surface area contributed by atoms with Gasteiger partial charge in [-0.25, -0.2) is 4.98 Å². The van der Waals surface area contributed by atoms with Crippen molar-refractivity contribution in [1.82, 2.24) is 9.97 Å². The van der Waals surface area contributed by atoms with E-state index in [0.29, 0.717) is 0 Å². The summed E-state index contributed by atoms with van der Waals surface area (Å²) in [7, 11) is 0. The summed E-state index contributed by atoms with van der Waals surface area (Å²) in [4.78, 5) is 8.14. The molecule has 0 saturated heterocycles. The van der Waals surface area contributed by atoms with Crippen LogP contribution in [-0.4, -0.2) is 9.97 Å². The van der Waals surface area contributed by atoms with Crippen molar-refractivity contribution in [2.24, 2.45) is 5.73 Å². The molecular weight excluding hydrogens is 282 g/mol. The third kappa shape index (κ3) is 2.22. The van der Waals surface area contributed by atoms with Crippen LogP contribution in [0.1, 0.15) is 11.6 Å². The number of H-pyrrole nitrogens is 1. The summed E-state index contributed by atoms with van der Waals surface area (Å²) in [5, 5.41) is 2.23. The van der Waals surface area contributed by atoms with Crippen LogP contribution in [0.15, 0.2) is 73.4 Å². The average Bonchev–Trinajstić information content (AvgIpc) is 3.04. The van der Waals surface area contributed by atoms with Crippen molar-refractivity contribution in [2.45, 2.75) is 6.04 Å². The fourth-order valence-electron chi connectivity index (χ4n) is 3.03. The summed E-state index contributed by atoms with van der Waals surface area (Å²) in [6.07, 6.45) is 3.77. The number of pyridine rings is 1. The first-order valence-corrected chi connectivity index (χ1v) is 7.62. The number of aromatic nitrogens is 2. The Bertz CT molecular complexity index is 1010. The largest absolute Gasteiger partial charge is 0.360 e. The van der Waals surface area contributed by atoms with Gasteiger partial charge in [0.25, 0.3) is 0 Å². The van der Waals surface area contributed by atoms with E-state index >= 15 is 0 Å². The van der Waals surface area contributed by atoms with Crippen LogP contribution in [0.4, 0.5) is 0 Å². The number of nitrogens with two attached hydrogens (primary N) is 1. The van der Waals surface area contributed by atoms with Gasteiger partial charge in [-0.3, -0.25) is 0 Å². The van der Waals surface area contributed by atoms with Gasteiger partial charge in [-0.2, -0.15) is 0 Å². The third-order valence-corrected chi connectivity index (χ3v) is 4.23. The fourth-order valence-corrected chi connectivity index (χ4v) is 3.03. The lowest BCUT2D eigenvalue weighted by atomic mass is 9.99. The molecule has 0 radical (unpaired) electrons. The van der Waals surface area contributed by atoms with Gasteiger partial charge in [-0.15, -0.1) is 6.58 Å².